The highest BCUT2D eigenvalue weighted by molar-refractivity contribution is 8.14. The molecule has 2 N–H and O–H groups in total. The van der Waals surface area contributed by atoms with Crippen molar-refractivity contribution in [3.63, 3.8) is 0 Å². The molecule has 27 heavy (non-hydrogen) atoms. The standard InChI is InChI=1S/C18H22N2O5S2/c1-12(21)27-15(9-13-5-3-2-4-6-13)17(24)19-14-11-26-8-7-20(18(14)25)10-16(22)23/h2-6,14-15H,7-11H2,1H3,(H,19,24)(H,22,23). The highest BCUT2D eigenvalue weighted by Crippen LogP contribution is 2.19. The number of rotatable bonds is 7. The van der Waals surface area contributed by atoms with E-state index in [1.807, 2.05) is 30.3 Å². The van der Waals surface area contributed by atoms with E-state index in [0.29, 0.717) is 24.5 Å². The molecule has 9 heteroatoms. The fourth-order valence-electron chi connectivity index (χ4n) is 2.68. The Kier molecular flexibility index (Phi) is 8.18. The van der Waals surface area contributed by atoms with Crippen LogP contribution in [-0.2, 0) is 25.6 Å². The molecule has 0 spiro atoms. The maximum atomic E-state index is 12.8. The van der Waals surface area contributed by atoms with E-state index in [1.165, 1.54) is 23.6 Å². The van der Waals surface area contributed by atoms with E-state index in [1.54, 1.807) is 0 Å². The Bertz CT molecular complexity index is 698. The van der Waals surface area contributed by atoms with Gasteiger partial charge in [-0.3, -0.25) is 19.2 Å². The molecule has 1 heterocycles. The summed E-state index contributed by atoms with van der Waals surface area (Å²) < 4.78 is 0. The van der Waals surface area contributed by atoms with Gasteiger partial charge in [0, 0.05) is 25.0 Å². The molecule has 0 radical (unpaired) electrons. The summed E-state index contributed by atoms with van der Waals surface area (Å²) in [5.74, 6) is -0.892. The summed E-state index contributed by atoms with van der Waals surface area (Å²) >= 11 is 2.42. The zero-order chi connectivity index (χ0) is 19.8. The van der Waals surface area contributed by atoms with Gasteiger partial charge in [-0.1, -0.05) is 42.1 Å². The van der Waals surface area contributed by atoms with Crippen LogP contribution >= 0.6 is 23.5 Å². The molecule has 1 aliphatic rings. The molecule has 2 atom stereocenters. The van der Waals surface area contributed by atoms with Crippen LogP contribution in [0.3, 0.4) is 0 Å². The topological polar surface area (TPSA) is 104 Å². The van der Waals surface area contributed by atoms with Gasteiger partial charge >= 0.3 is 5.97 Å². The highest BCUT2D eigenvalue weighted by Gasteiger charge is 2.32. The number of nitrogens with zero attached hydrogens (tertiary/aromatic N) is 1. The summed E-state index contributed by atoms with van der Waals surface area (Å²) in [7, 11) is 0. The van der Waals surface area contributed by atoms with Gasteiger partial charge in [-0.25, -0.2) is 0 Å². The lowest BCUT2D eigenvalue weighted by Gasteiger charge is -2.24. The van der Waals surface area contributed by atoms with E-state index in [4.69, 9.17) is 5.11 Å². The predicted molar refractivity (Wildman–Crippen MR) is 106 cm³/mol. The largest absolute Gasteiger partial charge is 0.480 e. The predicted octanol–water partition coefficient (Wildman–Crippen LogP) is 1.02. The minimum Gasteiger partial charge on any atom is -0.480 e. The van der Waals surface area contributed by atoms with Crippen molar-refractivity contribution in [2.75, 3.05) is 24.6 Å². The van der Waals surface area contributed by atoms with E-state index in [2.05, 4.69) is 5.32 Å². The molecule has 1 saturated heterocycles. The second-order valence-electron chi connectivity index (χ2n) is 6.08. The summed E-state index contributed by atoms with van der Waals surface area (Å²) in [4.78, 5) is 49.1. The number of carboxylic acids is 1. The minimum absolute atomic E-state index is 0.180. The van der Waals surface area contributed by atoms with E-state index in [-0.39, 0.29) is 11.7 Å². The number of aliphatic carboxylic acids is 1. The van der Waals surface area contributed by atoms with Crippen LogP contribution in [0.1, 0.15) is 12.5 Å². The van der Waals surface area contributed by atoms with E-state index in [0.717, 1.165) is 17.3 Å². The smallest absolute Gasteiger partial charge is 0.323 e. The van der Waals surface area contributed by atoms with Gasteiger partial charge in [0.25, 0.3) is 0 Å². The molecule has 146 valence electrons. The summed E-state index contributed by atoms with van der Waals surface area (Å²) in [5, 5.41) is 10.9. The van der Waals surface area contributed by atoms with Crippen LogP contribution in [0.4, 0.5) is 0 Å². The number of hydrogen-bond acceptors (Lipinski definition) is 6. The summed E-state index contributed by atoms with van der Waals surface area (Å²) in [5.41, 5.74) is 0.917. The number of thioether (sulfide) groups is 2. The number of hydrogen-bond donors (Lipinski definition) is 2. The fourth-order valence-corrected chi connectivity index (χ4v) is 4.51. The molecule has 2 rings (SSSR count). The van der Waals surface area contributed by atoms with E-state index >= 15 is 0 Å². The molecule has 0 bridgehead atoms. The number of carboxylic acid groups (broad SMARTS) is 1. The Morgan fingerprint density at radius 1 is 1.33 bits per heavy atom. The van der Waals surface area contributed by atoms with Gasteiger partial charge in [-0.05, 0) is 12.0 Å². The molecule has 1 fully saturated rings. The first-order valence-corrected chi connectivity index (χ1v) is 10.5. The Hall–Kier alpha value is -2.00. The molecule has 2 unspecified atom stereocenters. The minimum atomic E-state index is -1.09. The number of carbonyl (C=O) groups excluding carboxylic acids is 3. The first kappa shape index (κ1) is 21.3. The molecule has 1 aromatic rings. The maximum absolute atomic E-state index is 12.8. The molecule has 7 nitrogen and oxygen atoms in total. The molecule has 1 aromatic carbocycles. The quantitative estimate of drug-likeness (QED) is 0.692. The number of carbonyl (C=O) groups is 4. The van der Waals surface area contributed by atoms with Gasteiger partial charge in [-0.15, -0.1) is 0 Å². The van der Waals surface area contributed by atoms with Gasteiger partial charge in [0.1, 0.15) is 12.6 Å². The molecular weight excluding hydrogens is 388 g/mol. The van der Waals surface area contributed by atoms with Gasteiger partial charge in [0.05, 0.1) is 5.25 Å². The third kappa shape index (κ3) is 6.91. The second-order valence-corrected chi connectivity index (χ2v) is 8.61. The first-order chi connectivity index (χ1) is 12.9. The average Bonchev–Trinajstić information content (AvgIpc) is 2.77. The normalized spacial score (nSPS) is 18.5. The van der Waals surface area contributed by atoms with Crippen molar-refractivity contribution in [2.24, 2.45) is 0 Å². The third-order valence-corrected chi connectivity index (χ3v) is 5.94. The summed E-state index contributed by atoms with van der Waals surface area (Å²) in [6.45, 7) is 1.34. The van der Waals surface area contributed by atoms with Crippen LogP contribution in [0.15, 0.2) is 30.3 Å². The molecule has 0 aromatic heterocycles. The van der Waals surface area contributed by atoms with Crippen molar-refractivity contribution in [3.8, 4) is 0 Å². The zero-order valence-electron chi connectivity index (χ0n) is 14.9. The Morgan fingerprint density at radius 3 is 2.67 bits per heavy atom. The molecule has 0 saturated carbocycles. The lowest BCUT2D eigenvalue weighted by atomic mass is 10.1. The first-order valence-electron chi connectivity index (χ1n) is 8.46. The van der Waals surface area contributed by atoms with Gasteiger partial charge in [-0.2, -0.15) is 11.8 Å². The van der Waals surface area contributed by atoms with Gasteiger partial charge < -0.3 is 15.3 Å². The molecule has 1 aliphatic heterocycles. The third-order valence-electron chi connectivity index (χ3n) is 3.91. The SMILES string of the molecule is CC(=O)SC(Cc1ccccc1)C(=O)NC1CSCCN(CC(=O)O)C1=O. The van der Waals surface area contributed by atoms with Crippen LogP contribution in [0, 0.1) is 0 Å². The zero-order valence-corrected chi connectivity index (χ0v) is 16.6. The van der Waals surface area contributed by atoms with Crippen molar-refractivity contribution in [1.29, 1.82) is 0 Å². The van der Waals surface area contributed by atoms with Crippen molar-refractivity contribution in [2.45, 2.75) is 24.6 Å². The average molecular weight is 411 g/mol. The van der Waals surface area contributed by atoms with Crippen LogP contribution in [0.25, 0.3) is 0 Å². The highest BCUT2D eigenvalue weighted by atomic mass is 32.2. The Labute approximate surface area is 166 Å². The summed E-state index contributed by atoms with van der Waals surface area (Å²) in [6, 6.07) is 8.55. The van der Waals surface area contributed by atoms with Crippen molar-refractivity contribution in [3.05, 3.63) is 35.9 Å². The van der Waals surface area contributed by atoms with E-state index in [9.17, 15) is 19.2 Å². The lowest BCUT2D eigenvalue weighted by Crippen LogP contribution is -2.52. The second kappa shape index (κ2) is 10.4. The number of benzene rings is 1. The number of amides is 2. The maximum Gasteiger partial charge on any atom is 0.323 e. The Balaban J connectivity index is 2.08. The van der Waals surface area contributed by atoms with Crippen molar-refractivity contribution < 1.29 is 24.3 Å². The van der Waals surface area contributed by atoms with Gasteiger partial charge in [0.15, 0.2) is 5.12 Å². The lowest BCUT2D eigenvalue weighted by molar-refractivity contribution is -0.145. The number of nitrogens with one attached hydrogen (secondary N) is 1. The van der Waals surface area contributed by atoms with Crippen LogP contribution in [0.5, 0.6) is 0 Å². The van der Waals surface area contributed by atoms with Crippen LogP contribution in [-0.4, -0.2) is 68.8 Å². The van der Waals surface area contributed by atoms with Crippen molar-refractivity contribution in [1.82, 2.24) is 10.2 Å². The van der Waals surface area contributed by atoms with Gasteiger partial charge in [0.2, 0.25) is 11.8 Å². The molecule has 0 aliphatic carbocycles. The Morgan fingerprint density at radius 2 is 2.04 bits per heavy atom. The summed E-state index contributed by atoms with van der Waals surface area (Å²) in [6.07, 6.45) is 0.365. The monoisotopic (exact) mass is 410 g/mol. The fraction of sp³-hybridized carbons (Fsp3) is 0.444. The van der Waals surface area contributed by atoms with Crippen LogP contribution < -0.4 is 5.32 Å². The van der Waals surface area contributed by atoms with Crippen LogP contribution in [0.2, 0.25) is 0 Å². The molecular formula is C18H22N2O5S2. The van der Waals surface area contributed by atoms with E-state index < -0.39 is 29.1 Å². The van der Waals surface area contributed by atoms with Crippen molar-refractivity contribution >= 4 is 46.4 Å². The molecule has 2 amide bonds.